The second-order valence-corrected chi connectivity index (χ2v) is 6.19. The number of hydrogen-bond acceptors (Lipinski definition) is 4. The summed E-state index contributed by atoms with van der Waals surface area (Å²) in [5, 5.41) is 7.54. The first-order chi connectivity index (χ1) is 9.61. The summed E-state index contributed by atoms with van der Waals surface area (Å²) in [5.41, 5.74) is 0.701. The zero-order valence-electron chi connectivity index (χ0n) is 12.2. The molecule has 1 aliphatic heterocycles. The third kappa shape index (κ3) is 3.82. The van der Waals surface area contributed by atoms with Crippen molar-refractivity contribution in [3.05, 3.63) is 21.0 Å². The molecule has 0 spiro atoms. The lowest BCUT2D eigenvalue weighted by Crippen LogP contribution is -2.38. The molecule has 2 heterocycles. The topological polar surface area (TPSA) is 50.2 Å². The Kier molecular flexibility index (Phi) is 5.60. The van der Waals surface area contributed by atoms with Crippen molar-refractivity contribution < 1.29 is 0 Å². The largest absolute Gasteiger partial charge is 0.379 e. The average Bonchev–Trinajstić information content (AvgIpc) is 2.45. The van der Waals surface area contributed by atoms with Crippen molar-refractivity contribution in [3.8, 4) is 0 Å². The third-order valence-electron chi connectivity index (χ3n) is 3.67. The molecule has 1 aliphatic rings. The number of nitrogens with zero attached hydrogens (tertiary/aromatic N) is 3. The fourth-order valence-corrected chi connectivity index (χ4v) is 3.05. The second kappa shape index (κ2) is 7.22. The van der Waals surface area contributed by atoms with Gasteiger partial charge in [-0.2, -0.15) is 5.10 Å². The van der Waals surface area contributed by atoms with Crippen LogP contribution in [-0.4, -0.2) is 40.4 Å². The number of nitrogens with one attached hydrogen (secondary N) is 1. The standard InChI is InChI=1S/C14H23BrN4O/c1-3-19-14(20)13(15)12(9-16-19)17-11(2)10-18-7-5-4-6-8-18/h9,11,17H,3-8,10H2,1-2H3. The second-order valence-electron chi connectivity index (χ2n) is 5.40. The molecule has 1 fully saturated rings. The average molecular weight is 343 g/mol. The van der Waals surface area contributed by atoms with Gasteiger partial charge < -0.3 is 10.2 Å². The first-order valence-corrected chi connectivity index (χ1v) is 8.15. The molecule has 0 aliphatic carbocycles. The summed E-state index contributed by atoms with van der Waals surface area (Å²) in [6.45, 7) is 8.01. The van der Waals surface area contributed by atoms with Crippen LogP contribution in [0.5, 0.6) is 0 Å². The monoisotopic (exact) mass is 342 g/mol. The fraction of sp³-hybridized carbons (Fsp3) is 0.714. The Morgan fingerprint density at radius 1 is 1.40 bits per heavy atom. The Bertz CT molecular complexity index is 496. The van der Waals surface area contributed by atoms with Crippen LogP contribution in [0.1, 0.15) is 33.1 Å². The van der Waals surface area contributed by atoms with E-state index < -0.39 is 0 Å². The van der Waals surface area contributed by atoms with Crippen molar-refractivity contribution in [2.45, 2.75) is 45.7 Å². The predicted molar refractivity (Wildman–Crippen MR) is 85.2 cm³/mol. The van der Waals surface area contributed by atoms with E-state index in [1.807, 2.05) is 6.92 Å². The van der Waals surface area contributed by atoms with Crippen molar-refractivity contribution in [1.82, 2.24) is 14.7 Å². The smallest absolute Gasteiger partial charge is 0.283 e. The summed E-state index contributed by atoms with van der Waals surface area (Å²) in [7, 11) is 0. The van der Waals surface area contributed by atoms with Gasteiger partial charge in [-0.1, -0.05) is 6.42 Å². The van der Waals surface area contributed by atoms with Gasteiger partial charge in [0.1, 0.15) is 4.47 Å². The predicted octanol–water partition coefficient (Wildman–Crippen LogP) is 2.31. The van der Waals surface area contributed by atoms with Crippen LogP contribution < -0.4 is 10.9 Å². The Balaban J connectivity index is 1.98. The molecule has 1 aromatic rings. The Morgan fingerprint density at radius 3 is 2.75 bits per heavy atom. The van der Waals surface area contributed by atoms with Crippen molar-refractivity contribution in [1.29, 1.82) is 0 Å². The van der Waals surface area contributed by atoms with Gasteiger partial charge >= 0.3 is 0 Å². The lowest BCUT2D eigenvalue weighted by Gasteiger charge is -2.29. The van der Waals surface area contributed by atoms with Gasteiger partial charge in [0.05, 0.1) is 11.9 Å². The number of piperidine rings is 1. The highest BCUT2D eigenvalue weighted by molar-refractivity contribution is 9.10. The van der Waals surface area contributed by atoms with Crippen LogP contribution in [0.4, 0.5) is 5.69 Å². The zero-order valence-corrected chi connectivity index (χ0v) is 13.8. The maximum Gasteiger partial charge on any atom is 0.283 e. The lowest BCUT2D eigenvalue weighted by atomic mass is 10.1. The first-order valence-electron chi connectivity index (χ1n) is 7.36. The normalized spacial score (nSPS) is 17.9. The van der Waals surface area contributed by atoms with Gasteiger partial charge in [0.25, 0.3) is 5.56 Å². The quantitative estimate of drug-likeness (QED) is 0.891. The molecule has 0 aromatic carbocycles. The highest BCUT2D eigenvalue weighted by Gasteiger charge is 2.15. The summed E-state index contributed by atoms with van der Waals surface area (Å²) in [5.74, 6) is 0. The Hall–Kier alpha value is -0.880. The van der Waals surface area contributed by atoms with E-state index in [0.717, 1.165) is 12.2 Å². The molecule has 5 nitrogen and oxygen atoms in total. The van der Waals surface area contributed by atoms with Crippen LogP contribution in [0.2, 0.25) is 0 Å². The number of aromatic nitrogens is 2. The minimum atomic E-state index is -0.0809. The molecule has 2 rings (SSSR count). The van der Waals surface area contributed by atoms with Gasteiger partial charge in [-0.3, -0.25) is 4.79 Å². The molecule has 0 saturated carbocycles. The van der Waals surface area contributed by atoms with Gasteiger partial charge in [-0.05, 0) is 55.7 Å². The van der Waals surface area contributed by atoms with E-state index in [1.54, 1.807) is 6.20 Å². The van der Waals surface area contributed by atoms with Crippen molar-refractivity contribution in [2.24, 2.45) is 0 Å². The number of halogens is 1. The van der Waals surface area contributed by atoms with Crippen LogP contribution in [0.25, 0.3) is 0 Å². The summed E-state index contributed by atoms with van der Waals surface area (Å²) in [6.07, 6.45) is 5.67. The number of aryl methyl sites for hydroxylation is 1. The highest BCUT2D eigenvalue weighted by Crippen LogP contribution is 2.18. The number of anilines is 1. The van der Waals surface area contributed by atoms with Gasteiger partial charge in [0.2, 0.25) is 0 Å². The maximum absolute atomic E-state index is 12.0. The SMILES string of the molecule is CCn1ncc(NC(C)CN2CCCCC2)c(Br)c1=O. The molecule has 0 bridgehead atoms. The zero-order chi connectivity index (χ0) is 14.5. The Morgan fingerprint density at radius 2 is 2.10 bits per heavy atom. The van der Waals surface area contributed by atoms with Gasteiger partial charge in [0.15, 0.2) is 0 Å². The molecule has 6 heteroatoms. The minimum Gasteiger partial charge on any atom is -0.379 e. The molecule has 1 N–H and O–H groups in total. The molecule has 1 atom stereocenters. The third-order valence-corrected chi connectivity index (χ3v) is 4.43. The molecule has 1 saturated heterocycles. The van der Waals surface area contributed by atoms with Crippen molar-refractivity contribution >= 4 is 21.6 Å². The summed E-state index contributed by atoms with van der Waals surface area (Å²) in [6, 6.07) is 0.295. The summed E-state index contributed by atoms with van der Waals surface area (Å²) in [4.78, 5) is 14.5. The summed E-state index contributed by atoms with van der Waals surface area (Å²) < 4.78 is 2.02. The minimum absolute atomic E-state index is 0.0809. The number of hydrogen-bond donors (Lipinski definition) is 1. The highest BCUT2D eigenvalue weighted by atomic mass is 79.9. The van der Waals surface area contributed by atoms with Crippen molar-refractivity contribution in [2.75, 3.05) is 25.0 Å². The van der Waals surface area contributed by atoms with Crippen LogP contribution in [0.15, 0.2) is 15.5 Å². The van der Waals surface area contributed by atoms with Crippen LogP contribution in [0.3, 0.4) is 0 Å². The van der Waals surface area contributed by atoms with E-state index in [9.17, 15) is 4.79 Å². The molecule has 0 radical (unpaired) electrons. The molecule has 112 valence electrons. The molecular formula is C14H23BrN4O. The van der Waals surface area contributed by atoms with E-state index >= 15 is 0 Å². The number of rotatable bonds is 5. The molecule has 0 amide bonds. The lowest BCUT2D eigenvalue weighted by molar-refractivity contribution is 0.223. The molecule has 1 unspecified atom stereocenters. The summed E-state index contributed by atoms with van der Waals surface area (Å²) >= 11 is 3.38. The van der Waals surface area contributed by atoms with Gasteiger partial charge in [-0.25, -0.2) is 4.68 Å². The first kappa shape index (κ1) is 15.5. The van der Waals surface area contributed by atoms with Gasteiger partial charge in [0, 0.05) is 19.1 Å². The van der Waals surface area contributed by atoms with E-state index in [1.165, 1.54) is 37.0 Å². The van der Waals surface area contributed by atoms with E-state index in [4.69, 9.17) is 0 Å². The van der Waals surface area contributed by atoms with E-state index in [0.29, 0.717) is 17.1 Å². The van der Waals surface area contributed by atoms with Crippen LogP contribution in [-0.2, 0) is 6.54 Å². The molecule has 20 heavy (non-hydrogen) atoms. The van der Waals surface area contributed by atoms with Crippen LogP contribution >= 0.6 is 15.9 Å². The Labute approximate surface area is 128 Å². The van der Waals surface area contributed by atoms with Gasteiger partial charge in [-0.15, -0.1) is 0 Å². The van der Waals surface area contributed by atoms with E-state index in [-0.39, 0.29) is 5.56 Å². The van der Waals surface area contributed by atoms with Crippen LogP contribution in [0, 0.1) is 0 Å². The van der Waals surface area contributed by atoms with Crippen molar-refractivity contribution in [3.63, 3.8) is 0 Å². The fourth-order valence-electron chi connectivity index (χ4n) is 2.63. The molecular weight excluding hydrogens is 320 g/mol. The molecule has 1 aromatic heterocycles. The number of likely N-dealkylation sites (tertiary alicyclic amines) is 1. The van der Waals surface area contributed by atoms with E-state index in [2.05, 4.69) is 38.2 Å². The maximum atomic E-state index is 12.0.